The predicted octanol–water partition coefficient (Wildman–Crippen LogP) is 2.12. The van der Waals surface area contributed by atoms with Gasteiger partial charge < -0.3 is 10.2 Å². The zero-order chi connectivity index (χ0) is 11.1. The summed E-state index contributed by atoms with van der Waals surface area (Å²) in [6.07, 6.45) is 11.2. The van der Waals surface area contributed by atoms with Gasteiger partial charge in [-0.25, -0.2) is 0 Å². The first-order chi connectivity index (χ1) is 7.20. The number of aliphatic hydroxyl groups is 1. The van der Waals surface area contributed by atoms with Gasteiger partial charge in [-0.05, 0) is 25.7 Å². The van der Waals surface area contributed by atoms with Crippen molar-refractivity contribution in [3.8, 4) is 0 Å². The molecule has 0 aromatic rings. The lowest BCUT2D eigenvalue weighted by Gasteiger charge is -2.10. The molecule has 15 heavy (non-hydrogen) atoms. The van der Waals surface area contributed by atoms with Crippen molar-refractivity contribution in [2.45, 2.75) is 38.2 Å². The molecule has 0 saturated heterocycles. The smallest absolute Gasteiger partial charge is 0.303 e. The molecule has 0 saturated carbocycles. The second-order valence-corrected chi connectivity index (χ2v) is 3.89. The van der Waals surface area contributed by atoms with Crippen LogP contribution in [-0.2, 0) is 4.79 Å². The van der Waals surface area contributed by atoms with Gasteiger partial charge in [0, 0.05) is 12.3 Å². The molecule has 84 valence electrons. The van der Waals surface area contributed by atoms with Gasteiger partial charge in [0.15, 0.2) is 0 Å². The molecule has 0 heterocycles. The SMILES string of the molecule is O=C(O)CCC/C=C\CC1C=CCC1O. The third kappa shape index (κ3) is 4.79. The number of hydrogen-bond donors (Lipinski definition) is 2. The Hall–Kier alpha value is -1.09. The number of unbranched alkanes of at least 4 members (excludes halogenated alkanes) is 1. The van der Waals surface area contributed by atoms with Crippen LogP contribution in [0.5, 0.6) is 0 Å². The highest BCUT2D eigenvalue weighted by atomic mass is 16.4. The van der Waals surface area contributed by atoms with Crippen LogP contribution in [-0.4, -0.2) is 22.3 Å². The molecule has 0 fully saturated rings. The molecular formula is C12H18O3. The number of aliphatic carboxylic acids is 1. The minimum atomic E-state index is -0.738. The Bertz CT molecular complexity index is 256. The highest BCUT2D eigenvalue weighted by Gasteiger charge is 2.17. The molecular weight excluding hydrogens is 192 g/mol. The van der Waals surface area contributed by atoms with Crippen molar-refractivity contribution in [3.05, 3.63) is 24.3 Å². The largest absolute Gasteiger partial charge is 0.481 e. The zero-order valence-corrected chi connectivity index (χ0v) is 8.80. The van der Waals surface area contributed by atoms with E-state index in [0.29, 0.717) is 6.42 Å². The van der Waals surface area contributed by atoms with Crippen LogP contribution in [0.15, 0.2) is 24.3 Å². The van der Waals surface area contributed by atoms with Crippen LogP contribution in [0.2, 0.25) is 0 Å². The predicted molar refractivity (Wildman–Crippen MR) is 58.5 cm³/mol. The number of hydrogen-bond acceptors (Lipinski definition) is 2. The number of carboxylic acid groups (broad SMARTS) is 1. The molecule has 1 aliphatic rings. The molecule has 1 aliphatic carbocycles. The Labute approximate surface area is 90.1 Å². The van der Waals surface area contributed by atoms with E-state index in [2.05, 4.69) is 0 Å². The monoisotopic (exact) mass is 210 g/mol. The first-order valence-corrected chi connectivity index (χ1v) is 5.41. The van der Waals surface area contributed by atoms with Crippen LogP contribution >= 0.6 is 0 Å². The van der Waals surface area contributed by atoms with E-state index in [1.807, 2.05) is 24.3 Å². The van der Waals surface area contributed by atoms with Crippen LogP contribution in [0.4, 0.5) is 0 Å². The molecule has 2 unspecified atom stereocenters. The highest BCUT2D eigenvalue weighted by molar-refractivity contribution is 5.66. The van der Waals surface area contributed by atoms with Crippen molar-refractivity contribution >= 4 is 5.97 Å². The molecule has 1 rings (SSSR count). The van der Waals surface area contributed by atoms with Crippen LogP contribution in [0, 0.1) is 5.92 Å². The summed E-state index contributed by atoms with van der Waals surface area (Å²) in [6.45, 7) is 0. The first-order valence-electron chi connectivity index (χ1n) is 5.41. The average molecular weight is 210 g/mol. The standard InChI is InChI=1S/C12H18O3/c13-11-8-5-7-10(11)6-3-1-2-4-9-12(14)15/h1,3,5,7,10-11,13H,2,4,6,8-9H2,(H,14,15)/b3-1-. The van der Waals surface area contributed by atoms with Gasteiger partial charge in [-0.2, -0.15) is 0 Å². The van der Waals surface area contributed by atoms with E-state index in [1.165, 1.54) is 0 Å². The summed E-state index contributed by atoms with van der Waals surface area (Å²) in [4.78, 5) is 10.2. The van der Waals surface area contributed by atoms with Gasteiger partial charge in [0.1, 0.15) is 0 Å². The van der Waals surface area contributed by atoms with Crippen LogP contribution in [0.25, 0.3) is 0 Å². The lowest BCUT2D eigenvalue weighted by atomic mass is 10.0. The van der Waals surface area contributed by atoms with E-state index in [1.54, 1.807) is 0 Å². The molecule has 3 nitrogen and oxygen atoms in total. The topological polar surface area (TPSA) is 57.5 Å². The van der Waals surface area contributed by atoms with Crippen molar-refractivity contribution in [2.75, 3.05) is 0 Å². The normalized spacial score (nSPS) is 25.1. The van der Waals surface area contributed by atoms with Gasteiger partial charge in [-0.15, -0.1) is 0 Å². The number of allylic oxidation sites excluding steroid dienone is 2. The molecule has 0 bridgehead atoms. The second-order valence-electron chi connectivity index (χ2n) is 3.89. The van der Waals surface area contributed by atoms with Gasteiger partial charge in [-0.1, -0.05) is 24.3 Å². The summed E-state index contributed by atoms with van der Waals surface area (Å²) in [6, 6.07) is 0. The minimum absolute atomic E-state index is 0.228. The minimum Gasteiger partial charge on any atom is -0.481 e. The van der Waals surface area contributed by atoms with Gasteiger partial charge in [0.2, 0.25) is 0 Å². The van der Waals surface area contributed by atoms with Gasteiger partial charge >= 0.3 is 5.97 Å². The van der Waals surface area contributed by atoms with Crippen molar-refractivity contribution in [1.29, 1.82) is 0 Å². The average Bonchev–Trinajstić information content (AvgIpc) is 2.57. The maximum Gasteiger partial charge on any atom is 0.303 e. The molecule has 3 heteroatoms. The number of carboxylic acids is 1. The fraction of sp³-hybridized carbons (Fsp3) is 0.583. The maximum absolute atomic E-state index is 10.2. The van der Waals surface area contributed by atoms with E-state index >= 15 is 0 Å². The molecule has 0 aromatic heterocycles. The summed E-state index contributed by atoms with van der Waals surface area (Å²) in [5, 5.41) is 17.9. The number of aliphatic hydroxyl groups excluding tert-OH is 1. The summed E-state index contributed by atoms with van der Waals surface area (Å²) in [7, 11) is 0. The highest BCUT2D eigenvalue weighted by Crippen LogP contribution is 2.21. The Morgan fingerprint density at radius 2 is 2.27 bits per heavy atom. The van der Waals surface area contributed by atoms with E-state index in [-0.39, 0.29) is 18.4 Å². The Morgan fingerprint density at radius 1 is 1.47 bits per heavy atom. The quantitative estimate of drug-likeness (QED) is 0.521. The fourth-order valence-corrected chi connectivity index (χ4v) is 1.67. The molecule has 0 radical (unpaired) electrons. The molecule has 2 atom stereocenters. The van der Waals surface area contributed by atoms with Crippen LogP contribution in [0.1, 0.15) is 32.1 Å². The number of rotatable bonds is 6. The molecule has 0 aliphatic heterocycles. The zero-order valence-electron chi connectivity index (χ0n) is 8.80. The Kier molecular flexibility index (Phi) is 5.12. The van der Waals surface area contributed by atoms with Crippen LogP contribution < -0.4 is 0 Å². The lowest BCUT2D eigenvalue weighted by Crippen LogP contribution is -2.12. The Morgan fingerprint density at radius 3 is 2.87 bits per heavy atom. The second kappa shape index (κ2) is 6.40. The third-order valence-corrected chi connectivity index (χ3v) is 2.59. The lowest BCUT2D eigenvalue weighted by molar-refractivity contribution is -0.137. The Balaban J connectivity index is 2.06. The van der Waals surface area contributed by atoms with Gasteiger partial charge in [-0.3, -0.25) is 4.79 Å². The van der Waals surface area contributed by atoms with E-state index in [0.717, 1.165) is 19.3 Å². The maximum atomic E-state index is 10.2. The molecule has 0 aromatic carbocycles. The van der Waals surface area contributed by atoms with E-state index in [9.17, 15) is 9.90 Å². The number of carbonyl (C=O) groups is 1. The van der Waals surface area contributed by atoms with E-state index in [4.69, 9.17) is 5.11 Å². The van der Waals surface area contributed by atoms with Crippen molar-refractivity contribution in [3.63, 3.8) is 0 Å². The molecule has 2 N–H and O–H groups in total. The van der Waals surface area contributed by atoms with Gasteiger partial charge in [0.25, 0.3) is 0 Å². The fourth-order valence-electron chi connectivity index (χ4n) is 1.67. The van der Waals surface area contributed by atoms with E-state index < -0.39 is 5.97 Å². The summed E-state index contributed by atoms with van der Waals surface area (Å²) < 4.78 is 0. The first kappa shape index (κ1) is 12.0. The summed E-state index contributed by atoms with van der Waals surface area (Å²) in [5.41, 5.74) is 0. The van der Waals surface area contributed by atoms with Crippen LogP contribution in [0.3, 0.4) is 0 Å². The summed E-state index contributed by atoms with van der Waals surface area (Å²) in [5.74, 6) is -0.488. The van der Waals surface area contributed by atoms with Crippen molar-refractivity contribution < 1.29 is 15.0 Å². The third-order valence-electron chi connectivity index (χ3n) is 2.59. The molecule has 0 spiro atoms. The van der Waals surface area contributed by atoms with Crippen molar-refractivity contribution in [1.82, 2.24) is 0 Å². The van der Waals surface area contributed by atoms with Gasteiger partial charge in [0.05, 0.1) is 6.10 Å². The molecule has 0 amide bonds. The van der Waals surface area contributed by atoms with Crippen molar-refractivity contribution in [2.24, 2.45) is 5.92 Å². The summed E-state index contributed by atoms with van der Waals surface area (Å²) >= 11 is 0.